The van der Waals surface area contributed by atoms with Crippen LogP contribution < -0.4 is 5.32 Å². The lowest BCUT2D eigenvalue weighted by Crippen LogP contribution is -2.15. The molecular formula is C13H12BrFN2O. The molecule has 3 rings (SSSR count). The number of hydrogen-bond acceptors (Lipinski definition) is 3. The van der Waals surface area contributed by atoms with Crippen LogP contribution in [0.5, 0.6) is 0 Å². The SMILES string of the molecule is Fc1ccc(Br)cc1-c1oncc1CNC1CC1. The first-order valence-corrected chi connectivity index (χ1v) is 6.65. The van der Waals surface area contributed by atoms with Gasteiger partial charge in [-0.15, -0.1) is 0 Å². The molecule has 1 aromatic carbocycles. The molecule has 0 atom stereocenters. The Morgan fingerprint density at radius 3 is 3.06 bits per heavy atom. The van der Waals surface area contributed by atoms with Crippen LogP contribution in [0.3, 0.4) is 0 Å². The molecule has 0 saturated heterocycles. The number of nitrogens with zero attached hydrogens (tertiary/aromatic N) is 1. The van der Waals surface area contributed by atoms with E-state index in [9.17, 15) is 4.39 Å². The first-order chi connectivity index (χ1) is 8.74. The molecule has 1 fully saturated rings. The Hall–Kier alpha value is -1.20. The summed E-state index contributed by atoms with van der Waals surface area (Å²) in [6, 6.07) is 5.38. The maximum Gasteiger partial charge on any atom is 0.174 e. The van der Waals surface area contributed by atoms with Gasteiger partial charge in [-0.05, 0) is 31.0 Å². The summed E-state index contributed by atoms with van der Waals surface area (Å²) in [5.41, 5.74) is 1.33. The fraction of sp³-hybridized carbons (Fsp3) is 0.308. The third kappa shape index (κ3) is 2.47. The topological polar surface area (TPSA) is 38.1 Å². The molecule has 1 aromatic heterocycles. The second-order valence-corrected chi connectivity index (χ2v) is 5.38. The molecule has 5 heteroatoms. The van der Waals surface area contributed by atoms with Gasteiger partial charge < -0.3 is 9.84 Å². The van der Waals surface area contributed by atoms with E-state index in [1.54, 1.807) is 18.3 Å². The molecule has 2 aromatic rings. The van der Waals surface area contributed by atoms with Crippen molar-refractivity contribution in [1.29, 1.82) is 0 Å². The lowest BCUT2D eigenvalue weighted by atomic mass is 10.1. The minimum atomic E-state index is -0.303. The van der Waals surface area contributed by atoms with E-state index in [-0.39, 0.29) is 5.82 Å². The van der Waals surface area contributed by atoms with E-state index in [2.05, 4.69) is 26.4 Å². The Morgan fingerprint density at radius 1 is 1.44 bits per heavy atom. The quantitative estimate of drug-likeness (QED) is 0.939. The molecule has 0 bridgehead atoms. The van der Waals surface area contributed by atoms with Crippen molar-refractivity contribution in [3.8, 4) is 11.3 Å². The van der Waals surface area contributed by atoms with E-state index in [1.165, 1.54) is 18.9 Å². The Labute approximate surface area is 112 Å². The molecule has 3 nitrogen and oxygen atoms in total. The summed E-state index contributed by atoms with van der Waals surface area (Å²) in [5, 5.41) is 7.14. The van der Waals surface area contributed by atoms with Crippen molar-refractivity contribution >= 4 is 15.9 Å². The molecule has 0 unspecified atom stereocenters. The van der Waals surface area contributed by atoms with Crippen LogP contribution >= 0.6 is 15.9 Å². The van der Waals surface area contributed by atoms with Gasteiger partial charge in [0.2, 0.25) is 0 Å². The van der Waals surface area contributed by atoms with Crippen molar-refractivity contribution in [2.45, 2.75) is 25.4 Å². The van der Waals surface area contributed by atoms with Crippen molar-refractivity contribution in [2.24, 2.45) is 0 Å². The van der Waals surface area contributed by atoms with Gasteiger partial charge in [-0.2, -0.15) is 0 Å². The van der Waals surface area contributed by atoms with Gasteiger partial charge in [-0.25, -0.2) is 4.39 Å². The average molecular weight is 311 g/mol. The van der Waals surface area contributed by atoms with Crippen molar-refractivity contribution < 1.29 is 8.91 Å². The highest BCUT2D eigenvalue weighted by Crippen LogP contribution is 2.29. The summed E-state index contributed by atoms with van der Waals surface area (Å²) < 4.78 is 19.8. The van der Waals surface area contributed by atoms with Crippen LogP contribution in [0.4, 0.5) is 4.39 Å². The van der Waals surface area contributed by atoms with Crippen LogP contribution in [-0.2, 0) is 6.54 Å². The molecule has 0 aliphatic heterocycles. The smallest absolute Gasteiger partial charge is 0.174 e. The second kappa shape index (κ2) is 4.82. The van der Waals surface area contributed by atoms with Gasteiger partial charge in [0, 0.05) is 22.6 Å². The predicted molar refractivity (Wildman–Crippen MR) is 69.5 cm³/mol. The van der Waals surface area contributed by atoms with Gasteiger partial charge in [0.15, 0.2) is 5.76 Å². The van der Waals surface area contributed by atoms with Crippen LogP contribution in [0.15, 0.2) is 33.4 Å². The first kappa shape index (κ1) is 11.9. The van der Waals surface area contributed by atoms with Crippen molar-refractivity contribution in [2.75, 3.05) is 0 Å². The molecule has 1 heterocycles. The van der Waals surface area contributed by atoms with E-state index in [1.807, 2.05) is 0 Å². The molecule has 94 valence electrons. The zero-order valence-electron chi connectivity index (χ0n) is 9.62. The number of halogens is 2. The Balaban J connectivity index is 1.90. The Kier molecular flexibility index (Phi) is 3.18. The van der Waals surface area contributed by atoms with E-state index in [4.69, 9.17) is 4.52 Å². The molecule has 1 saturated carbocycles. The molecule has 1 aliphatic carbocycles. The van der Waals surface area contributed by atoms with Gasteiger partial charge in [-0.3, -0.25) is 0 Å². The van der Waals surface area contributed by atoms with Gasteiger partial charge in [0.1, 0.15) is 5.82 Å². The maximum absolute atomic E-state index is 13.8. The third-order valence-corrected chi connectivity index (χ3v) is 3.47. The van der Waals surface area contributed by atoms with Gasteiger partial charge in [0.05, 0.1) is 11.8 Å². The lowest BCUT2D eigenvalue weighted by molar-refractivity contribution is 0.429. The number of hydrogen-bond donors (Lipinski definition) is 1. The molecule has 1 N–H and O–H groups in total. The predicted octanol–water partition coefficient (Wildman–Crippen LogP) is 3.50. The molecule has 0 amide bonds. The van der Waals surface area contributed by atoms with E-state index in [0.717, 1.165) is 10.0 Å². The van der Waals surface area contributed by atoms with Crippen LogP contribution in [-0.4, -0.2) is 11.2 Å². The minimum Gasteiger partial charge on any atom is -0.356 e. The van der Waals surface area contributed by atoms with Gasteiger partial charge >= 0.3 is 0 Å². The zero-order valence-corrected chi connectivity index (χ0v) is 11.2. The maximum atomic E-state index is 13.8. The molecule has 0 radical (unpaired) electrons. The number of nitrogens with one attached hydrogen (secondary N) is 1. The number of benzene rings is 1. The second-order valence-electron chi connectivity index (χ2n) is 4.46. The highest BCUT2D eigenvalue weighted by atomic mass is 79.9. The van der Waals surface area contributed by atoms with Crippen molar-refractivity contribution in [3.63, 3.8) is 0 Å². The average Bonchev–Trinajstić information content (AvgIpc) is 3.08. The van der Waals surface area contributed by atoms with Crippen LogP contribution in [0.25, 0.3) is 11.3 Å². The van der Waals surface area contributed by atoms with Crippen LogP contribution in [0.2, 0.25) is 0 Å². The standard InChI is InChI=1S/C13H12BrFN2O/c14-9-1-4-12(15)11(5-9)13-8(7-17-18-13)6-16-10-2-3-10/h1,4-5,7,10,16H,2-3,6H2. The molecule has 1 aliphatic rings. The summed E-state index contributed by atoms with van der Waals surface area (Å²) in [7, 11) is 0. The zero-order chi connectivity index (χ0) is 12.5. The fourth-order valence-corrected chi connectivity index (χ4v) is 2.18. The summed E-state index contributed by atoms with van der Waals surface area (Å²) in [5.74, 6) is 0.199. The van der Waals surface area contributed by atoms with E-state index >= 15 is 0 Å². The lowest BCUT2D eigenvalue weighted by Gasteiger charge is -2.04. The highest BCUT2D eigenvalue weighted by Gasteiger charge is 2.22. The van der Waals surface area contributed by atoms with Gasteiger partial charge in [0.25, 0.3) is 0 Å². The largest absolute Gasteiger partial charge is 0.356 e. The normalized spacial score (nSPS) is 15.0. The number of rotatable bonds is 4. The molecular weight excluding hydrogens is 299 g/mol. The Morgan fingerprint density at radius 2 is 2.28 bits per heavy atom. The first-order valence-electron chi connectivity index (χ1n) is 5.86. The molecule has 18 heavy (non-hydrogen) atoms. The molecule has 0 spiro atoms. The van der Waals surface area contributed by atoms with Gasteiger partial charge in [-0.1, -0.05) is 21.1 Å². The summed E-state index contributed by atoms with van der Waals surface area (Å²) in [6.45, 7) is 0.662. The highest BCUT2D eigenvalue weighted by molar-refractivity contribution is 9.10. The van der Waals surface area contributed by atoms with Crippen molar-refractivity contribution in [3.05, 3.63) is 40.2 Å². The fourth-order valence-electron chi connectivity index (χ4n) is 1.82. The van der Waals surface area contributed by atoms with E-state index < -0.39 is 0 Å². The Bertz CT molecular complexity index is 566. The minimum absolute atomic E-state index is 0.303. The summed E-state index contributed by atoms with van der Waals surface area (Å²) >= 11 is 3.33. The summed E-state index contributed by atoms with van der Waals surface area (Å²) in [6.07, 6.45) is 4.07. The van der Waals surface area contributed by atoms with E-state index in [0.29, 0.717) is 23.9 Å². The van der Waals surface area contributed by atoms with Crippen LogP contribution in [0.1, 0.15) is 18.4 Å². The van der Waals surface area contributed by atoms with Crippen molar-refractivity contribution in [1.82, 2.24) is 10.5 Å². The number of aromatic nitrogens is 1. The van der Waals surface area contributed by atoms with Crippen LogP contribution in [0, 0.1) is 5.82 Å². The summed E-state index contributed by atoms with van der Waals surface area (Å²) in [4.78, 5) is 0. The monoisotopic (exact) mass is 310 g/mol. The third-order valence-electron chi connectivity index (χ3n) is 2.98.